The quantitative estimate of drug-likeness (QED) is 0.698. The highest BCUT2D eigenvalue weighted by atomic mass is 16.4. The molecule has 2 N–H and O–H groups in total. The molecular weight excluding hydrogens is 166 g/mol. The molecule has 70 valence electrons. The van der Waals surface area contributed by atoms with Crippen LogP contribution in [-0.2, 0) is 0 Å². The second-order valence-corrected chi connectivity index (χ2v) is 3.33. The third-order valence-corrected chi connectivity index (χ3v) is 2.19. The first-order valence-electron chi connectivity index (χ1n) is 4.34. The van der Waals surface area contributed by atoms with Crippen LogP contribution in [0.5, 0.6) is 0 Å². The minimum atomic E-state index is 0.240. The maximum Gasteiger partial charge on any atom is 0.292 e. The van der Waals surface area contributed by atoms with Gasteiger partial charge in [0.25, 0.3) is 6.01 Å². The molecule has 4 heteroatoms. The molecular formula is C9H13N3O. The Labute approximate surface area is 77.0 Å². The largest absolute Gasteiger partial charge is 0.432 e. The number of rotatable bonds is 1. The lowest BCUT2D eigenvalue weighted by atomic mass is 10.1. The molecule has 0 fully saturated rings. The molecule has 0 spiro atoms. The van der Waals surface area contributed by atoms with E-state index in [1.807, 2.05) is 0 Å². The maximum absolute atomic E-state index is 5.40. The van der Waals surface area contributed by atoms with E-state index in [1.54, 1.807) is 6.26 Å². The molecule has 4 nitrogen and oxygen atoms in total. The first-order chi connectivity index (χ1) is 6.25. The average Bonchev–Trinajstić information content (AvgIpc) is 2.52. The molecule has 0 atom stereocenters. The van der Waals surface area contributed by atoms with Gasteiger partial charge in [-0.15, -0.1) is 0 Å². The van der Waals surface area contributed by atoms with Crippen LogP contribution < -0.4 is 5.73 Å². The molecule has 13 heavy (non-hydrogen) atoms. The topological polar surface area (TPSA) is 55.3 Å². The van der Waals surface area contributed by atoms with E-state index in [0.717, 1.165) is 25.2 Å². The third kappa shape index (κ3) is 1.72. The molecule has 0 bridgehead atoms. The van der Waals surface area contributed by atoms with Gasteiger partial charge in [-0.3, -0.25) is 0 Å². The zero-order valence-electron chi connectivity index (χ0n) is 7.66. The van der Waals surface area contributed by atoms with E-state index in [0.29, 0.717) is 0 Å². The summed E-state index contributed by atoms with van der Waals surface area (Å²) < 4.78 is 4.96. The van der Waals surface area contributed by atoms with Gasteiger partial charge < -0.3 is 15.1 Å². The number of oxazole rings is 1. The van der Waals surface area contributed by atoms with Gasteiger partial charge in [0.1, 0.15) is 12.0 Å². The van der Waals surface area contributed by atoms with Gasteiger partial charge >= 0.3 is 0 Å². The fraction of sp³-hybridized carbons (Fsp3) is 0.444. The summed E-state index contributed by atoms with van der Waals surface area (Å²) in [6.07, 6.45) is 4.87. The standard InChI is InChI=1S/C9H13N3O/c1-12-4-2-3-7(5-12)8-6-13-9(10)11-8/h3,6H,2,4-5H2,1H3,(H2,10,11). The smallest absolute Gasteiger partial charge is 0.292 e. The summed E-state index contributed by atoms with van der Waals surface area (Å²) in [5.41, 5.74) is 7.47. The number of nitrogens with zero attached hydrogens (tertiary/aromatic N) is 2. The molecule has 0 saturated heterocycles. The zero-order valence-corrected chi connectivity index (χ0v) is 7.66. The van der Waals surface area contributed by atoms with Crippen molar-refractivity contribution in [1.29, 1.82) is 0 Å². The lowest BCUT2D eigenvalue weighted by molar-refractivity contribution is 0.372. The van der Waals surface area contributed by atoms with Crippen LogP contribution in [0.2, 0.25) is 0 Å². The molecule has 0 unspecified atom stereocenters. The lowest BCUT2D eigenvalue weighted by Crippen LogP contribution is -2.25. The molecule has 1 aliphatic heterocycles. The Morgan fingerprint density at radius 2 is 2.46 bits per heavy atom. The highest BCUT2D eigenvalue weighted by molar-refractivity contribution is 5.64. The Bertz CT molecular complexity index is 329. The minimum absolute atomic E-state index is 0.240. The molecule has 2 rings (SSSR count). The van der Waals surface area contributed by atoms with Crippen molar-refractivity contribution in [3.05, 3.63) is 18.0 Å². The number of nitrogen functional groups attached to an aromatic ring is 1. The molecule has 0 aliphatic carbocycles. The van der Waals surface area contributed by atoms with Gasteiger partial charge in [0.15, 0.2) is 0 Å². The second-order valence-electron chi connectivity index (χ2n) is 3.33. The van der Waals surface area contributed by atoms with Crippen molar-refractivity contribution in [3.8, 4) is 0 Å². The molecule has 1 aromatic rings. The molecule has 0 saturated carbocycles. The van der Waals surface area contributed by atoms with E-state index >= 15 is 0 Å². The van der Waals surface area contributed by atoms with Crippen LogP contribution in [0.1, 0.15) is 12.1 Å². The van der Waals surface area contributed by atoms with Crippen molar-refractivity contribution in [2.45, 2.75) is 6.42 Å². The van der Waals surface area contributed by atoms with Crippen molar-refractivity contribution < 1.29 is 4.42 Å². The summed E-state index contributed by atoms with van der Waals surface area (Å²) in [7, 11) is 2.09. The van der Waals surface area contributed by atoms with Gasteiger partial charge in [-0.1, -0.05) is 6.08 Å². The third-order valence-electron chi connectivity index (χ3n) is 2.19. The summed E-state index contributed by atoms with van der Waals surface area (Å²) in [4.78, 5) is 6.34. The summed E-state index contributed by atoms with van der Waals surface area (Å²) in [5.74, 6) is 0. The number of hydrogen-bond donors (Lipinski definition) is 1. The van der Waals surface area contributed by atoms with Crippen molar-refractivity contribution >= 4 is 11.6 Å². The highest BCUT2D eigenvalue weighted by Gasteiger charge is 2.12. The Hall–Kier alpha value is -1.29. The van der Waals surface area contributed by atoms with E-state index in [-0.39, 0.29) is 6.01 Å². The van der Waals surface area contributed by atoms with Crippen molar-refractivity contribution in [3.63, 3.8) is 0 Å². The van der Waals surface area contributed by atoms with Crippen molar-refractivity contribution in [2.24, 2.45) is 0 Å². The van der Waals surface area contributed by atoms with Gasteiger partial charge in [0, 0.05) is 13.1 Å². The summed E-state index contributed by atoms with van der Waals surface area (Å²) in [6, 6.07) is 0.240. The fourth-order valence-corrected chi connectivity index (χ4v) is 1.51. The molecule has 0 aromatic carbocycles. The van der Waals surface area contributed by atoms with Crippen LogP contribution in [-0.4, -0.2) is 30.0 Å². The summed E-state index contributed by atoms with van der Waals surface area (Å²) >= 11 is 0. The Morgan fingerprint density at radius 3 is 3.08 bits per heavy atom. The number of nitrogens with two attached hydrogens (primary N) is 1. The SMILES string of the molecule is CN1CCC=C(c2coc(N)n2)C1. The minimum Gasteiger partial charge on any atom is -0.432 e. The van der Waals surface area contributed by atoms with E-state index in [1.165, 1.54) is 5.57 Å². The van der Waals surface area contributed by atoms with Crippen LogP contribution in [0.25, 0.3) is 5.57 Å². The van der Waals surface area contributed by atoms with Gasteiger partial charge in [-0.2, -0.15) is 4.98 Å². The van der Waals surface area contributed by atoms with E-state index < -0.39 is 0 Å². The zero-order chi connectivity index (χ0) is 9.26. The van der Waals surface area contributed by atoms with Crippen LogP contribution >= 0.6 is 0 Å². The van der Waals surface area contributed by atoms with E-state index in [4.69, 9.17) is 10.2 Å². The second kappa shape index (κ2) is 3.22. The average molecular weight is 179 g/mol. The molecule has 2 heterocycles. The van der Waals surface area contributed by atoms with Crippen molar-refractivity contribution in [2.75, 3.05) is 25.9 Å². The molecule has 1 aromatic heterocycles. The molecule has 0 amide bonds. The summed E-state index contributed by atoms with van der Waals surface area (Å²) in [6.45, 7) is 2.03. The molecule has 0 radical (unpaired) electrons. The monoisotopic (exact) mass is 179 g/mol. The van der Waals surface area contributed by atoms with E-state index in [2.05, 4.69) is 23.0 Å². The number of likely N-dealkylation sites (N-methyl/N-ethyl adjacent to an activating group) is 1. The number of hydrogen-bond acceptors (Lipinski definition) is 4. The predicted molar refractivity (Wildman–Crippen MR) is 51.0 cm³/mol. The van der Waals surface area contributed by atoms with Crippen molar-refractivity contribution in [1.82, 2.24) is 9.88 Å². The molecule has 1 aliphatic rings. The maximum atomic E-state index is 5.40. The van der Waals surface area contributed by atoms with E-state index in [9.17, 15) is 0 Å². The Kier molecular flexibility index (Phi) is 2.06. The fourth-order valence-electron chi connectivity index (χ4n) is 1.51. The van der Waals surface area contributed by atoms with Gasteiger partial charge in [0.2, 0.25) is 0 Å². The lowest BCUT2D eigenvalue weighted by Gasteiger charge is -2.21. The normalized spacial score (nSPS) is 18.7. The van der Waals surface area contributed by atoms with Crippen LogP contribution in [0, 0.1) is 0 Å². The van der Waals surface area contributed by atoms with Crippen LogP contribution in [0.4, 0.5) is 6.01 Å². The van der Waals surface area contributed by atoms with Gasteiger partial charge in [-0.25, -0.2) is 0 Å². The Morgan fingerprint density at radius 1 is 1.62 bits per heavy atom. The van der Waals surface area contributed by atoms with Crippen LogP contribution in [0.15, 0.2) is 16.8 Å². The van der Waals surface area contributed by atoms with Crippen LogP contribution in [0.3, 0.4) is 0 Å². The highest BCUT2D eigenvalue weighted by Crippen LogP contribution is 2.19. The first kappa shape index (κ1) is 8.31. The van der Waals surface area contributed by atoms with Gasteiger partial charge in [-0.05, 0) is 19.0 Å². The number of aromatic nitrogens is 1. The number of anilines is 1. The van der Waals surface area contributed by atoms with Gasteiger partial charge in [0.05, 0.1) is 0 Å². The predicted octanol–water partition coefficient (Wildman–Crippen LogP) is 0.976. The first-order valence-corrected chi connectivity index (χ1v) is 4.34. The Balaban J connectivity index is 2.21. The summed E-state index contributed by atoms with van der Waals surface area (Å²) in [5, 5.41) is 0.